The molecule has 4 nitrogen and oxygen atoms in total. The minimum atomic E-state index is -0.382. The number of hydrogen-bond donors (Lipinski definition) is 1. The van der Waals surface area contributed by atoms with Crippen LogP contribution in [-0.4, -0.2) is 36.6 Å². The summed E-state index contributed by atoms with van der Waals surface area (Å²) in [5.41, 5.74) is 0. The van der Waals surface area contributed by atoms with Crippen molar-refractivity contribution < 1.29 is 19.0 Å². The van der Waals surface area contributed by atoms with Crippen molar-refractivity contribution in [2.75, 3.05) is 13.2 Å². The van der Waals surface area contributed by atoms with Gasteiger partial charge in [0.25, 0.3) is 0 Å². The molecule has 1 saturated carbocycles. The van der Waals surface area contributed by atoms with Gasteiger partial charge in [0.15, 0.2) is 0 Å². The highest BCUT2D eigenvalue weighted by Gasteiger charge is 2.41. The van der Waals surface area contributed by atoms with E-state index in [0.717, 1.165) is 12.2 Å². The van der Waals surface area contributed by atoms with Crippen LogP contribution in [0.2, 0.25) is 0 Å². The molecule has 0 aromatic rings. The number of allylic oxidation sites excluding steroid dienone is 1. The molecule has 2 rings (SSSR count). The monoisotopic (exact) mass is 370 g/mol. The Morgan fingerprint density at radius 1 is 1.32 bits per heavy atom. The smallest absolute Gasteiger partial charge is 0.319 e. The predicted molar refractivity (Wildman–Crippen MR) is 103 cm³/mol. The van der Waals surface area contributed by atoms with Crippen molar-refractivity contribution in [3.8, 4) is 0 Å². The summed E-state index contributed by atoms with van der Waals surface area (Å²) in [5, 5.41) is -0.382. The van der Waals surface area contributed by atoms with Crippen LogP contribution in [-0.2, 0) is 19.0 Å². The van der Waals surface area contributed by atoms with Gasteiger partial charge in [0.05, 0.1) is 18.5 Å². The molecule has 1 heterocycles. The summed E-state index contributed by atoms with van der Waals surface area (Å²) in [6.07, 6.45) is 4.67. The molecule has 1 saturated heterocycles. The van der Waals surface area contributed by atoms with E-state index in [4.69, 9.17) is 14.2 Å². The Morgan fingerprint density at radius 2 is 2.04 bits per heavy atom. The summed E-state index contributed by atoms with van der Waals surface area (Å²) in [7, 11) is 0. The fourth-order valence-corrected chi connectivity index (χ4v) is 4.16. The highest BCUT2D eigenvalue weighted by Crippen LogP contribution is 2.44. The van der Waals surface area contributed by atoms with Crippen molar-refractivity contribution in [2.45, 2.75) is 70.8 Å². The molecule has 25 heavy (non-hydrogen) atoms. The molecule has 6 atom stereocenters. The Kier molecular flexibility index (Phi) is 7.68. The molecule has 2 fully saturated rings. The van der Waals surface area contributed by atoms with Crippen molar-refractivity contribution in [3.63, 3.8) is 0 Å². The lowest BCUT2D eigenvalue weighted by atomic mass is 9.72. The van der Waals surface area contributed by atoms with Gasteiger partial charge in [-0.1, -0.05) is 33.8 Å². The average Bonchev–Trinajstić information content (AvgIpc) is 2.66. The summed E-state index contributed by atoms with van der Waals surface area (Å²) in [4.78, 5) is 11.9. The Bertz CT molecular complexity index is 465. The van der Waals surface area contributed by atoms with Gasteiger partial charge in [-0.2, -0.15) is 12.6 Å². The lowest BCUT2D eigenvalue weighted by molar-refractivity contribution is -0.147. The molecule has 0 aromatic heterocycles. The summed E-state index contributed by atoms with van der Waals surface area (Å²) in [6.45, 7) is 13.0. The van der Waals surface area contributed by atoms with Crippen LogP contribution in [0.5, 0.6) is 0 Å². The predicted octanol–water partition coefficient (Wildman–Crippen LogP) is 4.24. The highest BCUT2D eigenvalue weighted by molar-refractivity contribution is 7.81. The summed E-state index contributed by atoms with van der Waals surface area (Å²) >= 11 is 4.28. The maximum absolute atomic E-state index is 11.9. The molecule has 2 aliphatic rings. The number of rotatable bonds is 7. The van der Waals surface area contributed by atoms with E-state index in [2.05, 4.69) is 33.1 Å². The van der Waals surface area contributed by atoms with Crippen molar-refractivity contribution >= 4 is 18.6 Å². The van der Waals surface area contributed by atoms with Crippen molar-refractivity contribution in [3.05, 3.63) is 12.3 Å². The summed E-state index contributed by atoms with van der Waals surface area (Å²) in [5.74, 6) is 2.46. The number of thiol groups is 1. The molecular formula is C20H34O4S. The Balaban J connectivity index is 1.87. The van der Waals surface area contributed by atoms with E-state index in [0.29, 0.717) is 24.4 Å². The standard InChI is InChI=1S/C20H34O4S/c1-6-15-9-16-11-17(10-15)18(14(5)24-13(16)4)22-7-8-23-20(21)19(25)12(2)3/h12,14-19,25H,4,6-11H2,1-3,5H3. The molecule has 0 spiro atoms. The third-order valence-electron chi connectivity index (χ3n) is 5.65. The van der Waals surface area contributed by atoms with E-state index in [9.17, 15) is 4.79 Å². The first kappa shape index (κ1) is 20.6. The van der Waals surface area contributed by atoms with Crippen LogP contribution in [0.3, 0.4) is 0 Å². The van der Waals surface area contributed by atoms with Gasteiger partial charge in [-0.05, 0) is 43.9 Å². The zero-order valence-corrected chi connectivity index (χ0v) is 17.0. The molecule has 2 bridgehead atoms. The number of carbonyl (C=O) groups is 1. The largest absolute Gasteiger partial charge is 0.493 e. The molecule has 5 heteroatoms. The van der Waals surface area contributed by atoms with E-state index in [1.54, 1.807) is 0 Å². The minimum Gasteiger partial charge on any atom is -0.493 e. The lowest BCUT2D eigenvalue weighted by Crippen LogP contribution is -2.37. The third-order valence-corrected chi connectivity index (χ3v) is 6.46. The first-order chi connectivity index (χ1) is 11.8. The van der Waals surface area contributed by atoms with Gasteiger partial charge < -0.3 is 14.2 Å². The molecule has 6 unspecified atom stereocenters. The topological polar surface area (TPSA) is 44.8 Å². The van der Waals surface area contributed by atoms with Crippen molar-refractivity contribution in [1.82, 2.24) is 0 Å². The van der Waals surface area contributed by atoms with E-state index in [1.165, 1.54) is 19.3 Å². The first-order valence-electron chi connectivity index (χ1n) is 9.65. The van der Waals surface area contributed by atoms with E-state index >= 15 is 0 Å². The van der Waals surface area contributed by atoms with E-state index in [1.807, 2.05) is 13.8 Å². The normalized spacial score (nSPS) is 33.5. The second-order valence-electron chi connectivity index (χ2n) is 7.92. The van der Waals surface area contributed by atoms with Crippen LogP contribution < -0.4 is 0 Å². The van der Waals surface area contributed by atoms with Crippen LogP contribution in [0.1, 0.15) is 53.4 Å². The maximum atomic E-state index is 11.9. The molecule has 0 aromatic carbocycles. The van der Waals surface area contributed by atoms with Crippen LogP contribution in [0.15, 0.2) is 12.3 Å². The van der Waals surface area contributed by atoms with Gasteiger partial charge in [0, 0.05) is 5.92 Å². The highest BCUT2D eigenvalue weighted by atomic mass is 32.1. The Morgan fingerprint density at radius 3 is 2.68 bits per heavy atom. The van der Waals surface area contributed by atoms with Crippen LogP contribution in [0.25, 0.3) is 0 Å². The van der Waals surface area contributed by atoms with Gasteiger partial charge in [0.2, 0.25) is 0 Å². The van der Waals surface area contributed by atoms with Gasteiger partial charge in [-0.3, -0.25) is 4.79 Å². The van der Waals surface area contributed by atoms with Crippen molar-refractivity contribution in [1.29, 1.82) is 0 Å². The molecule has 0 amide bonds. The second-order valence-corrected chi connectivity index (χ2v) is 8.48. The number of hydrogen-bond acceptors (Lipinski definition) is 5. The number of carbonyl (C=O) groups excluding carboxylic acids is 1. The molecule has 144 valence electrons. The van der Waals surface area contributed by atoms with Crippen LogP contribution in [0.4, 0.5) is 0 Å². The Labute approximate surface area is 158 Å². The number of fused-ring (bicyclic) bond motifs is 2. The summed E-state index contributed by atoms with van der Waals surface area (Å²) < 4.78 is 17.5. The zero-order valence-electron chi connectivity index (χ0n) is 16.1. The van der Waals surface area contributed by atoms with Gasteiger partial charge in [-0.25, -0.2) is 0 Å². The lowest BCUT2D eigenvalue weighted by Gasteiger charge is -2.35. The third kappa shape index (κ3) is 5.40. The first-order valence-corrected chi connectivity index (χ1v) is 10.2. The van der Waals surface area contributed by atoms with Gasteiger partial charge in [-0.15, -0.1) is 0 Å². The van der Waals surface area contributed by atoms with E-state index < -0.39 is 0 Å². The fourth-order valence-electron chi connectivity index (χ4n) is 4.09. The molecule has 0 radical (unpaired) electrons. The van der Waals surface area contributed by atoms with Crippen molar-refractivity contribution in [2.24, 2.45) is 23.7 Å². The van der Waals surface area contributed by atoms with Gasteiger partial charge >= 0.3 is 5.97 Å². The second kappa shape index (κ2) is 9.31. The minimum absolute atomic E-state index is 0.0119. The SMILES string of the molecule is C=C1OC(C)C(OCCOC(=O)C(S)C(C)C)C2CC(CC)CC1C2. The maximum Gasteiger partial charge on any atom is 0.319 e. The fraction of sp³-hybridized carbons (Fsp3) is 0.850. The molecule has 0 N–H and O–H groups in total. The van der Waals surface area contributed by atoms with Crippen LogP contribution in [0, 0.1) is 23.7 Å². The molecule has 1 aliphatic heterocycles. The van der Waals surface area contributed by atoms with Gasteiger partial charge in [0.1, 0.15) is 18.0 Å². The molecular weight excluding hydrogens is 336 g/mol. The number of ether oxygens (including phenoxy) is 3. The quantitative estimate of drug-likeness (QED) is 0.413. The van der Waals surface area contributed by atoms with Crippen LogP contribution >= 0.6 is 12.6 Å². The molecule has 1 aliphatic carbocycles. The average molecular weight is 371 g/mol. The zero-order chi connectivity index (χ0) is 18.6. The van der Waals surface area contributed by atoms with E-state index in [-0.39, 0.29) is 36.0 Å². The summed E-state index contributed by atoms with van der Waals surface area (Å²) in [6, 6.07) is 0. The Hall–Kier alpha value is -0.680. The number of esters is 1.